The molecule has 94 valence electrons. The van der Waals surface area contributed by atoms with E-state index in [2.05, 4.69) is 11.8 Å². The number of benzene rings is 1. The minimum absolute atomic E-state index is 0.000779. The average molecular weight is 235 g/mol. The summed E-state index contributed by atoms with van der Waals surface area (Å²) in [5.74, 6) is 0.00217. The van der Waals surface area contributed by atoms with Gasteiger partial charge in [0.25, 0.3) is 0 Å². The van der Waals surface area contributed by atoms with E-state index in [1.807, 2.05) is 0 Å². The molecule has 0 aliphatic carbocycles. The van der Waals surface area contributed by atoms with Crippen molar-refractivity contribution in [3.8, 4) is 11.5 Å². The third-order valence-electron chi connectivity index (χ3n) is 3.47. The summed E-state index contributed by atoms with van der Waals surface area (Å²) in [5, 5.41) is 19.0. The van der Waals surface area contributed by atoms with E-state index >= 15 is 0 Å². The molecular weight excluding hydrogens is 214 g/mol. The van der Waals surface area contributed by atoms with Gasteiger partial charge in [-0.3, -0.25) is 4.90 Å². The average Bonchev–Trinajstić information content (AvgIpc) is 2.31. The summed E-state index contributed by atoms with van der Waals surface area (Å²) in [6.45, 7) is 5.30. The SMILES string of the molecule is CCCCCN1CCc2cc(O)c(O)cc2C1. The van der Waals surface area contributed by atoms with Crippen LogP contribution in [0.1, 0.15) is 37.3 Å². The number of phenols is 2. The minimum atomic E-state index is -0.000779. The second-order valence-electron chi connectivity index (χ2n) is 4.84. The van der Waals surface area contributed by atoms with Crippen LogP contribution in [-0.4, -0.2) is 28.2 Å². The first-order valence-electron chi connectivity index (χ1n) is 6.46. The molecule has 0 amide bonds. The highest BCUT2D eigenvalue weighted by molar-refractivity contribution is 5.46. The highest BCUT2D eigenvalue weighted by Gasteiger charge is 2.17. The number of hydrogen-bond donors (Lipinski definition) is 2. The zero-order valence-electron chi connectivity index (χ0n) is 10.4. The summed E-state index contributed by atoms with van der Waals surface area (Å²) in [5.41, 5.74) is 2.33. The highest BCUT2D eigenvalue weighted by Crippen LogP contribution is 2.31. The number of nitrogens with zero attached hydrogens (tertiary/aromatic N) is 1. The second kappa shape index (κ2) is 5.41. The molecule has 0 radical (unpaired) electrons. The van der Waals surface area contributed by atoms with E-state index in [1.165, 1.54) is 24.8 Å². The molecule has 2 N–H and O–H groups in total. The molecule has 0 saturated heterocycles. The fourth-order valence-corrected chi connectivity index (χ4v) is 2.42. The van der Waals surface area contributed by atoms with Crippen molar-refractivity contribution in [1.82, 2.24) is 4.90 Å². The van der Waals surface area contributed by atoms with E-state index < -0.39 is 0 Å². The number of unbranched alkanes of at least 4 members (excludes halogenated alkanes) is 2. The van der Waals surface area contributed by atoms with Crippen molar-refractivity contribution in [3.63, 3.8) is 0 Å². The molecule has 0 bridgehead atoms. The molecule has 1 aromatic rings. The lowest BCUT2D eigenvalue weighted by atomic mass is 9.98. The van der Waals surface area contributed by atoms with Gasteiger partial charge in [0.2, 0.25) is 0 Å². The maximum absolute atomic E-state index is 9.51. The molecule has 1 aromatic carbocycles. The normalized spacial score (nSPS) is 15.8. The molecule has 1 aliphatic rings. The Morgan fingerprint density at radius 3 is 2.53 bits per heavy atom. The summed E-state index contributed by atoms with van der Waals surface area (Å²) < 4.78 is 0. The Bertz CT molecular complexity index is 390. The smallest absolute Gasteiger partial charge is 0.157 e. The van der Waals surface area contributed by atoms with Gasteiger partial charge < -0.3 is 10.2 Å². The number of rotatable bonds is 4. The summed E-state index contributed by atoms with van der Waals surface area (Å²) in [6, 6.07) is 3.41. The monoisotopic (exact) mass is 235 g/mol. The molecule has 0 fully saturated rings. The predicted molar refractivity (Wildman–Crippen MR) is 68.3 cm³/mol. The third-order valence-corrected chi connectivity index (χ3v) is 3.47. The quantitative estimate of drug-likeness (QED) is 0.623. The summed E-state index contributed by atoms with van der Waals surface area (Å²) >= 11 is 0. The molecule has 0 aromatic heterocycles. The number of fused-ring (bicyclic) bond motifs is 1. The Labute approximate surface area is 103 Å². The van der Waals surface area contributed by atoms with Crippen molar-refractivity contribution in [1.29, 1.82) is 0 Å². The minimum Gasteiger partial charge on any atom is -0.504 e. The van der Waals surface area contributed by atoms with Crippen LogP contribution >= 0.6 is 0 Å². The van der Waals surface area contributed by atoms with Gasteiger partial charge >= 0.3 is 0 Å². The van der Waals surface area contributed by atoms with E-state index in [-0.39, 0.29) is 11.5 Å². The van der Waals surface area contributed by atoms with E-state index in [0.717, 1.165) is 31.6 Å². The molecule has 0 atom stereocenters. The predicted octanol–water partition coefficient (Wildman–Crippen LogP) is 2.65. The van der Waals surface area contributed by atoms with Crippen LogP contribution in [0, 0.1) is 0 Å². The van der Waals surface area contributed by atoms with Crippen LogP contribution in [0.3, 0.4) is 0 Å². The van der Waals surface area contributed by atoms with Crippen LogP contribution in [0.5, 0.6) is 11.5 Å². The molecule has 1 aliphatic heterocycles. The van der Waals surface area contributed by atoms with Crippen LogP contribution in [0.4, 0.5) is 0 Å². The van der Waals surface area contributed by atoms with Crippen molar-refractivity contribution >= 4 is 0 Å². The van der Waals surface area contributed by atoms with Crippen LogP contribution < -0.4 is 0 Å². The van der Waals surface area contributed by atoms with Gasteiger partial charge in [-0.15, -0.1) is 0 Å². The molecule has 17 heavy (non-hydrogen) atoms. The number of aromatic hydroxyl groups is 2. The fraction of sp³-hybridized carbons (Fsp3) is 0.571. The lowest BCUT2D eigenvalue weighted by Crippen LogP contribution is -2.31. The molecule has 0 saturated carbocycles. The zero-order valence-corrected chi connectivity index (χ0v) is 10.4. The Balaban J connectivity index is 2.00. The first kappa shape index (κ1) is 12.2. The Morgan fingerprint density at radius 2 is 1.82 bits per heavy atom. The first-order valence-corrected chi connectivity index (χ1v) is 6.46. The van der Waals surface area contributed by atoms with Gasteiger partial charge in [-0.25, -0.2) is 0 Å². The molecule has 3 heteroatoms. The van der Waals surface area contributed by atoms with Gasteiger partial charge in [-0.05, 0) is 42.6 Å². The topological polar surface area (TPSA) is 43.7 Å². The van der Waals surface area contributed by atoms with E-state index in [4.69, 9.17) is 0 Å². The summed E-state index contributed by atoms with van der Waals surface area (Å²) in [7, 11) is 0. The Kier molecular flexibility index (Phi) is 3.89. The summed E-state index contributed by atoms with van der Waals surface area (Å²) in [4.78, 5) is 2.43. The fourth-order valence-electron chi connectivity index (χ4n) is 2.42. The van der Waals surface area contributed by atoms with Gasteiger partial charge in [0.05, 0.1) is 0 Å². The van der Waals surface area contributed by atoms with E-state index in [1.54, 1.807) is 12.1 Å². The van der Waals surface area contributed by atoms with Crippen molar-refractivity contribution in [3.05, 3.63) is 23.3 Å². The molecule has 2 rings (SSSR count). The van der Waals surface area contributed by atoms with Crippen molar-refractivity contribution in [2.45, 2.75) is 39.2 Å². The van der Waals surface area contributed by atoms with E-state index in [9.17, 15) is 10.2 Å². The van der Waals surface area contributed by atoms with E-state index in [0.29, 0.717) is 0 Å². The molecule has 1 heterocycles. The molecular formula is C14H21NO2. The van der Waals surface area contributed by atoms with Crippen LogP contribution in [0.25, 0.3) is 0 Å². The lowest BCUT2D eigenvalue weighted by molar-refractivity contribution is 0.247. The maximum Gasteiger partial charge on any atom is 0.157 e. The maximum atomic E-state index is 9.51. The highest BCUT2D eigenvalue weighted by atomic mass is 16.3. The van der Waals surface area contributed by atoms with Gasteiger partial charge in [0, 0.05) is 13.1 Å². The first-order chi connectivity index (χ1) is 8.20. The van der Waals surface area contributed by atoms with Gasteiger partial charge in [-0.2, -0.15) is 0 Å². The molecule has 3 nitrogen and oxygen atoms in total. The second-order valence-corrected chi connectivity index (χ2v) is 4.84. The van der Waals surface area contributed by atoms with Crippen molar-refractivity contribution in [2.75, 3.05) is 13.1 Å². The number of phenolic OH excluding ortho intramolecular Hbond substituents is 2. The number of hydrogen-bond acceptors (Lipinski definition) is 3. The summed E-state index contributed by atoms with van der Waals surface area (Å²) in [6.07, 6.45) is 4.74. The van der Waals surface area contributed by atoms with Gasteiger partial charge in [0.15, 0.2) is 11.5 Å². The molecule has 0 spiro atoms. The Hall–Kier alpha value is -1.22. The van der Waals surface area contributed by atoms with Crippen LogP contribution in [0.15, 0.2) is 12.1 Å². The Morgan fingerprint density at radius 1 is 1.12 bits per heavy atom. The zero-order chi connectivity index (χ0) is 12.3. The lowest BCUT2D eigenvalue weighted by Gasteiger charge is -2.28. The largest absolute Gasteiger partial charge is 0.504 e. The van der Waals surface area contributed by atoms with Crippen LogP contribution in [0.2, 0.25) is 0 Å². The molecule has 0 unspecified atom stereocenters. The van der Waals surface area contributed by atoms with Gasteiger partial charge in [0.1, 0.15) is 0 Å². The van der Waals surface area contributed by atoms with Crippen molar-refractivity contribution < 1.29 is 10.2 Å². The third kappa shape index (κ3) is 2.91. The standard InChI is InChI=1S/C14H21NO2/c1-2-3-4-6-15-7-5-11-8-13(16)14(17)9-12(11)10-15/h8-9,16-17H,2-7,10H2,1H3. The van der Waals surface area contributed by atoms with Crippen molar-refractivity contribution in [2.24, 2.45) is 0 Å². The van der Waals surface area contributed by atoms with Crippen LogP contribution in [-0.2, 0) is 13.0 Å². The van der Waals surface area contributed by atoms with Gasteiger partial charge in [-0.1, -0.05) is 19.8 Å².